The summed E-state index contributed by atoms with van der Waals surface area (Å²) < 4.78 is 49.0. The number of halogens is 4. The monoisotopic (exact) mass is 358 g/mol. The first-order chi connectivity index (χ1) is 11.4. The van der Waals surface area contributed by atoms with Gasteiger partial charge in [0.1, 0.15) is 23.9 Å². The van der Waals surface area contributed by atoms with E-state index in [-0.39, 0.29) is 28.9 Å². The molecule has 6 heteroatoms. The van der Waals surface area contributed by atoms with Crippen LogP contribution in [0.4, 0.5) is 13.2 Å². The van der Waals surface area contributed by atoms with Gasteiger partial charge in [0.25, 0.3) is 0 Å². The minimum Gasteiger partial charge on any atom is -0.489 e. The molecule has 0 aliphatic heterocycles. The van der Waals surface area contributed by atoms with Crippen molar-refractivity contribution >= 4 is 11.6 Å². The highest BCUT2D eigenvalue weighted by Gasteiger charge is 2.13. The third-order valence-corrected chi connectivity index (χ3v) is 3.68. The van der Waals surface area contributed by atoms with Crippen LogP contribution in [0.5, 0.6) is 11.5 Å². The van der Waals surface area contributed by atoms with Crippen molar-refractivity contribution in [1.29, 1.82) is 0 Å². The van der Waals surface area contributed by atoms with Crippen LogP contribution in [0, 0.1) is 11.7 Å². The van der Waals surface area contributed by atoms with Gasteiger partial charge in [0.05, 0.1) is 5.02 Å². The van der Waals surface area contributed by atoms with Crippen LogP contribution in [0.2, 0.25) is 5.02 Å². The molecule has 0 N–H and O–H groups in total. The van der Waals surface area contributed by atoms with E-state index in [1.165, 1.54) is 18.2 Å². The Morgan fingerprint density at radius 3 is 2.50 bits per heavy atom. The minimum absolute atomic E-state index is 0.0656. The van der Waals surface area contributed by atoms with E-state index in [0.29, 0.717) is 17.7 Å². The summed E-state index contributed by atoms with van der Waals surface area (Å²) in [5, 5.41) is 0.246. The molecular weight excluding hydrogens is 341 g/mol. The molecule has 0 bridgehead atoms. The Balaban J connectivity index is 2.18. The number of rotatable bonds is 7. The van der Waals surface area contributed by atoms with Gasteiger partial charge in [-0.1, -0.05) is 37.6 Å². The maximum Gasteiger partial charge on any atom is 0.387 e. The Morgan fingerprint density at radius 2 is 1.88 bits per heavy atom. The summed E-state index contributed by atoms with van der Waals surface area (Å²) >= 11 is 5.93. The van der Waals surface area contributed by atoms with Gasteiger partial charge < -0.3 is 9.47 Å². The summed E-state index contributed by atoms with van der Waals surface area (Å²) in [5.74, 6) is 0.172. The Labute approximate surface area is 144 Å². The Hall–Kier alpha value is -1.88. The summed E-state index contributed by atoms with van der Waals surface area (Å²) in [6.07, 6.45) is 0.599. The molecule has 0 amide bonds. The van der Waals surface area contributed by atoms with Crippen LogP contribution in [0.25, 0.3) is 0 Å². The SMILES string of the molecule is CC(C)Cc1ccc(OCc2c(F)cccc2Cl)cc1OC(F)F. The van der Waals surface area contributed by atoms with Crippen LogP contribution in [-0.2, 0) is 13.0 Å². The number of benzene rings is 2. The van der Waals surface area contributed by atoms with Crippen molar-refractivity contribution in [3.63, 3.8) is 0 Å². The minimum atomic E-state index is -2.92. The molecule has 2 nitrogen and oxygen atoms in total. The fourth-order valence-electron chi connectivity index (χ4n) is 2.26. The Morgan fingerprint density at radius 1 is 1.12 bits per heavy atom. The van der Waals surface area contributed by atoms with Crippen molar-refractivity contribution < 1.29 is 22.6 Å². The molecule has 0 aliphatic carbocycles. The summed E-state index contributed by atoms with van der Waals surface area (Å²) in [6.45, 7) is 0.934. The molecule has 0 atom stereocenters. The third kappa shape index (κ3) is 5.06. The zero-order valence-corrected chi connectivity index (χ0v) is 14.1. The maximum atomic E-state index is 13.7. The van der Waals surface area contributed by atoms with Crippen molar-refractivity contribution in [2.45, 2.75) is 33.5 Å². The second-order valence-corrected chi connectivity index (χ2v) is 6.14. The molecule has 0 saturated heterocycles. The molecule has 0 aromatic heterocycles. The fourth-order valence-corrected chi connectivity index (χ4v) is 2.48. The number of hydrogen-bond donors (Lipinski definition) is 0. The lowest BCUT2D eigenvalue weighted by atomic mass is 10.0. The van der Waals surface area contributed by atoms with Gasteiger partial charge in [-0.2, -0.15) is 8.78 Å². The standard InChI is InChI=1S/C18H18ClF3O2/c1-11(2)8-12-6-7-13(9-17(12)24-18(21)22)23-10-14-15(19)4-3-5-16(14)20/h3-7,9,11,18H,8,10H2,1-2H3. The third-order valence-electron chi connectivity index (χ3n) is 3.33. The van der Waals surface area contributed by atoms with Crippen molar-refractivity contribution in [3.8, 4) is 11.5 Å². The quantitative estimate of drug-likeness (QED) is 0.617. The van der Waals surface area contributed by atoms with E-state index >= 15 is 0 Å². The molecular formula is C18H18ClF3O2. The lowest BCUT2D eigenvalue weighted by molar-refractivity contribution is -0.0506. The normalized spacial score (nSPS) is 11.2. The van der Waals surface area contributed by atoms with Crippen LogP contribution in [0.1, 0.15) is 25.0 Å². The average Bonchev–Trinajstić information content (AvgIpc) is 2.48. The number of hydrogen-bond acceptors (Lipinski definition) is 2. The Kier molecular flexibility index (Phi) is 6.37. The highest BCUT2D eigenvalue weighted by molar-refractivity contribution is 6.31. The van der Waals surface area contributed by atoms with Crippen molar-refractivity contribution in [2.24, 2.45) is 5.92 Å². The second kappa shape index (κ2) is 8.29. The second-order valence-electron chi connectivity index (χ2n) is 5.73. The molecule has 0 heterocycles. The summed E-state index contributed by atoms with van der Waals surface area (Å²) in [7, 11) is 0. The van der Waals surface area contributed by atoms with Gasteiger partial charge in [0.2, 0.25) is 0 Å². The van der Waals surface area contributed by atoms with E-state index in [1.807, 2.05) is 13.8 Å². The zero-order valence-electron chi connectivity index (χ0n) is 13.4. The van der Waals surface area contributed by atoms with E-state index in [0.717, 1.165) is 0 Å². The van der Waals surface area contributed by atoms with E-state index in [9.17, 15) is 13.2 Å². The fraction of sp³-hybridized carbons (Fsp3) is 0.333. The molecule has 2 aromatic rings. The van der Waals surface area contributed by atoms with Crippen LogP contribution in [0.3, 0.4) is 0 Å². The molecule has 130 valence electrons. The Bertz CT molecular complexity index is 670. The van der Waals surface area contributed by atoms with E-state index in [1.54, 1.807) is 18.2 Å². The number of alkyl halides is 2. The van der Waals surface area contributed by atoms with Gasteiger partial charge in [0, 0.05) is 11.6 Å². The largest absolute Gasteiger partial charge is 0.489 e. The van der Waals surface area contributed by atoms with E-state index in [4.69, 9.17) is 16.3 Å². The zero-order chi connectivity index (χ0) is 17.7. The molecule has 2 aromatic carbocycles. The van der Waals surface area contributed by atoms with Crippen molar-refractivity contribution in [3.05, 3.63) is 58.4 Å². The van der Waals surface area contributed by atoms with Gasteiger partial charge in [-0.25, -0.2) is 4.39 Å². The van der Waals surface area contributed by atoms with E-state index < -0.39 is 12.4 Å². The first kappa shape index (κ1) is 18.5. The van der Waals surface area contributed by atoms with Crippen LogP contribution in [0.15, 0.2) is 36.4 Å². The predicted octanol–water partition coefficient (Wildman–Crippen LogP) is 5.86. The first-order valence-electron chi connectivity index (χ1n) is 7.50. The van der Waals surface area contributed by atoms with Gasteiger partial charge in [-0.05, 0) is 36.1 Å². The molecule has 0 spiro atoms. The molecule has 24 heavy (non-hydrogen) atoms. The predicted molar refractivity (Wildman–Crippen MR) is 87.4 cm³/mol. The van der Waals surface area contributed by atoms with Crippen molar-refractivity contribution in [1.82, 2.24) is 0 Å². The van der Waals surface area contributed by atoms with E-state index in [2.05, 4.69) is 4.74 Å². The lowest BCUT2D eigenvalue weighted by Gasteiger charge is -2.15. The van der Waals surface area contributed by atoms with Crippen LogP contribution in [-0.4, -0.2) is 6.61 Å². The summed E-state index contributed by atoms with van der Waals surface area (Å²) in [5.41, 5.74) is 0.878. The van der Waals surface area contributed by atoms with Crippen LogP contribution >= 0.6 is 11.6 Å². The molecule has 0 saturated carbocycles. The van der Waals surface area contributed by atoms with Crippen LogP contribution < -0.4 is 9.47 Å². The first-order valence-corrected chi connectivity index (χ1v) is 7.88. The molecule has 2 rings (SSSR count). The van der Waals surface area contributed by atoms with Gasteiger partial charge >= 0.3 is 6.61 Å². The van der Waals surface area contributed by atoms with Gasteiger partial charge in [-0.15, -0.1) is 0 Å². The van der Waals surface area contributed by atoms with Gasteiger partial charge in [-0.3, -0.25) is 0 Å². The lowest BCUT2D eigenvalue weighted by Crippen LogP contribution is -2.07. The molecule has 0 unspecified atom stereocenters. The summed E-state index contributed by atoms with van der Waals surface area (Å²) in [4.78, 5) is 0. The molecule has 0 radical (unpaired) electrons. The van der Waals surface area contributed by atoms with Gasteiger partial charge in [0.15, 0.2) is 0 Å². The molecule has 0 fully saturated rings. The van der Waals surface area contributed by atoms with Crippen molar-refractivity contribution in [2.75, 3.05) is 0 Å². The summed E-state index contributed by atoms with van der Waals surface area (Å²) in [6, 6.07) is 9.04. The average molecular weight is 359 g/mol. The highest BCUT2D eigenvalue weighted by atomic mass is 35.5. The smallest absolute Gasteiger partial charge is 0.387 e. The topological polar surface area (TPSA) is 18.5 Å². The maximum absolute atomic E-state index is 13.7. The number of ether oxygens (including phenoxy) is 2. The molecule has 0 aliphatic rings. The highest BCUT2D eigenvalue weighted by Crippen LogP contribution is 2.29.